The first kappa shape index (κ1) is 15.2. The monoisotopic (exact) mass is 317 g/mol. The Balaban J connectivity index is 1.91. The van der Waals surface area contributed by atoms with Crippen molar-refractivity contribution in [2.75, 3.05) is 13.1 Å². The average molecular weight is 317 g/mol. The summed E-state index contributed by atoms with van der Waals surface area (Å²) in [5, 5.41) is 0. The van der Waals surface area contributed by atoms with Gasteiger partial charge < -0.3 is 0 Å². The fourth-order valence-electron chi connectivity index (χ4n) is 2.93. The van der Waals surface area contributed by atoms with E-state index in [9.17, 15) is 8.42 Å². The minimum absolute atomic E-state index is 0.0757. The summed E-state index contributed by atoms with van der Waals surface area (Å²) in [6, 6.07) is 14.5. The first-order valence-electron chi connectivity index (χ1n) is 7.42. The van der Waals surface area contributed by atoms with E-state index in [-0.39, 0.29) is 4.90 Å². The molecule has 22 heavy (non-hydrogen) atoms. The number of nitrogens with zero attached hydrogens (tertiary/aromatic N) is 1. The molecule has 0 aliphatic carbocycles. The third kappa shape index (κ3) is 3.38. The molecule has 0 aromatic heterocycles. The average Bonchev–Trinajstić information content (AvgIpc) is 3.00. The third-order valence-electron chi connectivity index (χ3n) is 4.07. The lowest BCUT2D eigenvalue weighted by Gasteiger charge is -2.17. The van der Waals surface area contributed by atoms with Crippen molar-refractivity contribution in [3.8, 4) is 11.1 Å². The summed E-state index contributed by atoms with van der Waals surface area (Å²) in [6.45, 7) is 3.18. The first-order valence-corrected chi connectivity index (χ1v) is 8.86. The topological polar surface area (TPSA) is 57.6 Å². The standard InChI is InChI=1S/C17H19NO3S/c19-22(20,21)16-9-7-14(8-10-16)17-6-2-1-5-15(17)13-18-11-3-4-12-18/h1-2,5-10H,3-4,11-13H2,(H,19,20,21). The molecule has 1 fully saturated rings. The van der Waals surface area contributed by atoms with Crippen LogP contribution < -0.4 is 0 Å². The van der Waals surface area contributed by atoms with E-state index >= 15 is 0 Å². The summed E-state index contributed by atoms with van der Waals surface area (Å²) < 4.78 is 31.3. The molecule has 116 valence electrons. The van der Waals surface area contributed by atoms with Gasteiger partial charge in [0.05, 0.1) is 4.90 Å². The molecule has 0 amide bonds. The van der Waals surface area contributed by atoms with Crippen LogP contribution in [0, 0.1) is 0 Å². The lowest BCUT2D eigenvalue weighted by Crippen LogP contribution is -2.18. The van der Waals surface area contributed by atoms with Gasteiger partial charge >= 0.3 is 0 Å². The van der Waals surface area contributed by atoms with E-state index in [1.807, 2.05) is 18.2 Å². The molecule has 0 atom stereocenters. The molecule has 0 saturated carbocycles. The highest BCUT2D eigenvalue weighted by molar-refractivity contribution is 7.85. The maximum absolute atomic E-state index is 11.1. The van der Waals surface area contributed by atoms with Gasteiger partial charge in [0.15, 0.2) is 0 Å². The Hall–Kier alpha value is -1.69. The normalized spacial score (nSPS) is 16.0. The summed E-state index contributed by atoms with van der Waals surface area (Å²) in [4.78, 5) is 2.36. The van der Waals surface area contributed by atoms with E-state index < -0.39 is 10.1 Å². The van der Waals surface area contributed by atoms with Crippen LogP contribution in [0.1, 0.15) is 18.4 Å². The number of hydrogen-bond donors (Lipinski definition) is 1. The summed E-state index contributed by atoms with van der Waals surface area (Å²) in [7, 11) is -4.14. The van der Waals surface area contributed by atoms with E-state index in [1.165, 1.54) is 30.5 Å². The van der Waals surface area contributed by atoms with Crippen LogP contribution in [0.4, 0.5) is 0 Å². The van der Waals surface area contributed by atoms with E-state index in [0.717, 1.165) is 30.8 Å². The van der Waals surface area contributed by atoms with Crippen LogP contribution in [0.15, 0.2) is 53.4 Å². The third-order valence-corrected chi connectivity index (χ3v) is 4.94. The van der Waals surface area contributed by atoms with E-state index in [2.05, 4.69) is 11.0 Å². The molecule has 0 spiro atoms. The maximum Gasteiger partial charge on any atom is 0.294 e. The second-order valence-corrected chi connectivity index (χ2v) is 7.06. The van der Waals surface area contributed by atoms with Crippen LogP contribution in [0.3, 0.4) is 0 Å². The zero-order valence-corrected chi connectivity index (χ0v) is 13.1. The van der Waals surface area contributed by atoms with Crippen molar-refractivity contribution in [1.82, 2.24) is 4.90 Å². The molecule has 2 aromatic carbocycles. The molecule has 1 heterocycles. The highest BCUT2D eigenvalue weighted by Gasteiger charge is 2.15. The molecule has 1 N–H and O–H groups in total. The Morgan fingerprint density at radius 2 is 1.59 bits per heavy atom. The van der Waals surface area contributed by atoms with Gasteiger partial charge in [0.2, 0.25) is 0 Å². The van der Waals surface area contributed by atoms with Crippen molar-refractivity contribution >= 4 is 10.1 Å². The minimum atomic E-state index is -4.14. The SMILES string of the molecule is O=S(=O)(O)c1ccc(-c2ccccc2CN2CCCC2)cc1. The van der Waals surface area contributed by atoms with Crippen LogP contribution >= 0.6 is 0 Å². The highest BCUT2D eigenvalue weighted by Crippen LogP contribution is 2.26. The molecule has 3 rings (SSSR count). The summed E-state index contributed by atoms with van der Waals surface area (Å²) >= 11 is 0. The summed E-state index contributed by atoms with van der Waals surface area (Å²) in [6.07, 6.45) is 2.51. The van der Waals surface area contributed by atoms with Crippen LogP contribution in [0.5, 0.6) is 0 Å². The summed E-state index contributed by atoms with van der Waals surface area (Å²) in [5.74, 6) is 0. The Bertz CT molecular complexity index is 748. The number of hydrogen-bond acceptors (Lipinski definition) is 3. The molecule has 0 radical (unpaired) electrons. The van der Waals surface area contributed by atoms with Gasteiger partial charge in [-0.1, -0.05) is 36.4 Å². The van der Waals surface area contributed by atoms with E-state index in [1.54, 1.807) is 12.1 Å². The van der Waals surface area contributed by atoms with Crippen molar-refractivity contribution in [3.05, 3.63) is 54.1 Å². The molecular weight excluding hydrogens is 298 g/mol. The Morgan fingerprint density at radius 3 is 2.23 bits per heavy atom. The van der Waals surface area contributed by atoms with Crippen LogP contribution in [0.25, 0.3) is 11.1 Å². The second kappa shape index (κ2) is 6.20. The Labute approximate surface area is 131 Å². The van der Waals surface area contributed by atoms with E-state index in [4.69, 9.17) is 4.55 Å². The predicted octanol–water partition coefficient (Wildman–Crippen LogP) is 3.20. The van der Waals surface area contributed by atoms with Crippen molar-refractivity contribution in [2.24, 2.45) is 0 Å². The van der Waals surface area contributed by atoms with Crippen molar-refractivity contribution in [3.63, 3.8) is 0 Å². The van der Waals surface area contributed by atoms with Gasteiger partial charge in [0, 0.05) is 6.54 Å². The molecular formula is C17H19NO3S. The number of benzene rings is 2. The molecule has 1 saturated heterocycles. The largest absolute Gasteiger partial charge is 0.299 e. The first-order chi connectivity index (χ1) is 10.5. The lowest BCUT2D eigenvalue weighted by atomic mass is 9.99. The quantitative estimate of drug-likeness (QED) is 0.880. The van der Waals surface area contributed by atoms with Crippen molar-refractivity contribution in [1.29, 1.82) is 0 Å². The van der Waals surface area contributed by atoms with Crippen LogP contribution in [0.2, 0.25) is 0 Å². The maximum atomic E-state index is 11.1. The predicted molar refractivity (Wildman–Crippen MR) is 86.2 cm³/mol. The van der Waals surface area contributed by atoms with Gasteiger partial charge in [-0.2, -0.15) is 8.42 Å². The Kier molecular flexibility index (Phi) is 4.29. The molecule has 4 nitrogen and oxygen atoms in total. The molecule has 1 aliphatic heterocycles. The van der Waals surface area contributed by atoms with Gasteiger partial charge in [-0.15, -0.1) is 0 Å². The lowest BCUT2D eigenvalue weighted by molar-refractivity contribution is 0.332. The fourth-order valence-corrected chi connectivity index (χ4v) is 3.41. The van der Waals surface area contributed by atoms with Gasteiger partial charge in [0.25, 0.3) is 10.1 Å². The molecule has 2 aromatic rings. The smallest absolute Gasteiger partial charge is 0.294 e. The van der Waals surface area contributed by atoms with Gasteiger partial charge in [-0.3, -0.25) is 9.45 Å². The van der Waals surface area contributed by atoms with Gasteiger partial charge in [-0.25, -0.2) is 0 Å². The van der Waals surface area contributed by atoms with E-state index in [0.29, 0.717) is 0 Å². The van der Waals surface area contributed by atoms with Gasteiger partial charge in [-0.05, 0) is 54.8 Å². The molecule has 5 heteroatoms. The zero-order chi connectivity index (χ0) is 15.6. The zero-order valence-electron chi connectivity index (χ0n) is 12.3. The Morgan fingerprint density at radius 1 is 0.955 bits per heavy atom. The molecule has 1 aliphatic rings. The number of likely N-dealkylation sites (tertiary alicyclic amines) is 1. The van der Waals surface area contributed by atoms with Crippen molar-refractivity contribution in [2.45, 2.75) is 24.3 Å². The summed E-state index contributed by atoms with van der Waals surface area (Å²) in [5.41, 5.74) is 3.31. The fraction of sp³-hybridized carbons (Fsp3) is 0.294. The molecule has 0 unspecified atom stereocenters. The molecule has 0 bridgehead atoms. The van der Waals surface area contributed by atoms with Gasteiger partial charge in [0.1, 0.15) is 0 Å². The second-order valence-electron chi connectivity index (χ2n) is 5.64. The number of rotatable bonds is 4. The van der Waals surface area contributed by atoms with Crippen molar-refractivity contribution < 1.29 is 13.0 Å². The van der Waals surface area contributed by atoms with Crippen LogP contribution in [-0.2, 0) is 16.7 Å². The minimum Gasteiger partial charge on any atom is -0.299 e. The highest BCUT2D eigenvalue weighted by atomic mass is 32.2. The van der Waals surface area contributed by atoms with Crippen LogP contribution in [-0.4, -0.2) is 31.0 Å².